The lowest BCUT2D eigenvalue weighted by Crippen LogP contribution is -2.25. The van der Waals surface area contributed by atoms with E-state index in [0.717, 1.165) is 6.42 Å². The molecule has 1 heterocycles. The van der Waals surface area contributed by atoms with Crippen molar-refractivity contribution in [2.24, 2.45) is 5.73 Å². The molecule has 0 aromatic carbocycles. The molecule has 0 aliphatic heterocycles. The zero-order chi connectivity index (χ0) is 8.97. The fraction of sp³-hybridized carbons (Fsp3) is 0.400. The highest BCUT2D eigenvalue weighted by molar-refractivity contribution is 5.31. The number of nitrogens with two attached hydrogens (primary N) is 1. The summed E-state index contributed by atoms with van der Waals surface area (Å²) >= 11 is 0. The second-order valence-corrected chi connectivity index (χ2v) is 2.76. The van der Waals surface area contributed by atoms with Crippen molar-refractivity contribution in [2.75, 3.05) is 6.54 Å². The summed E-state index contributed by atoms with van der Waals surface area (Å²) in [6.45, 7) is 4.79. The quantitative estimate of drug-likeness (QED) is 0.640. The Morgan fingerprint density at radius 1 is 1.42 bits per heavy atom. The highest BCUT2D eigenvalue weighted by Crippen LogP contribution is 1.85. The smallest absolute Gasteiger partial charge is 0.0410 e. The second-order valence-electron chi connectivity index (χ2n) is 2.76. The average Bonchev–Trinajstić information content (AvgIpc) is 2.47. The molecule has 0 saturated carbocycles. The number of aromatic amines is 1. The molecule has 0 spiro atoms. The molecule has 0 aliphatic rings. The largest absolute Gasteiger partial charge is 0.361 e. The molecule has 0 unspecified atom stereocenters. The Bertz CT molecular complexity index is 346. The van der Waals surface area contributed by atoms with Crippen LogP contribution in [-0.2, 0) is 6.42 Å². The van der Waals surface area contributed by atoms with Gasteiger partial charge in [-0.05, 0) is 37.6 Å². The molecule has 0 fully saturated rings. The Kier molecular flexibility index (Phi) is 3.11. The van der Waals surface area contributed by atoms with E-state index in [2.05, 4.69) is 24.1 Å². The Hall–Kier alpha value is -1.02. The summed E-state index contributed by atoms with van der Waals surface area (Å²) in [5.41, 5.74) is 6.81. The van der Waals surface area contributed by atoms with Gasteiger partial charge in [-0.1, -0.05) is 12.2 Å². The first-order valence-corrected chi connectivity index (χ1v) is 4.32. The second kappa shape index (κ2) is 4.12. The minimum atomic E-state index is 0.710. The molecule has 0 saturated heterocycles. The first-order chi connectivity index (χ1) is 5.83. The third-order valence-corrected chi connectivity index (χ3v) is 2.03. The average molecular weight is 164 g/mol. The van der Waals surface area contributed by atoms with Gasteiger partial charge in [0.1, 0.15) is 0 Å². The minimum absolute atomic E-state index is 0.710. The summed E-state index contributed by atoms with van der Waals surface area (Å²) in [5.74, 6) is 0. The molecule has 66 valence electrons. The number of rotatable bonds is 2. The van der Waals surface area contributed by atoms with E-state index in [0.29, 0.717) is 6.54 Å². The van der Waals surface area contributed by atoms with E-state index < -0.39 is 0 Å². The van der Waals surface area contributed by atoms with Crippen LogP contribution in [-0.4, -0.2) is 11.5 Å². The third kappa shape index (κ3) is 1.59. The molecular weight excluding hydrogens is 148 g/mol. The molecule has 1 rings (SSSR count). The van der Waals surface area contributed by atoms with Gasteiger partial charge in [0.15, 0.2) is 0 Å². The van der Waals surface area contributed by atoms with Crippen LogP contribution in [0, 0.1) is 0 Å². The van der Waals surface area contributed by atoms with Crippen molar-refractivity contribution in [1.82, 2.24) is 4.98 Å². The maximum absolute atomic E-state index is 5.50. The minimum Gasteiger partial charge on any atom is -0.361 e. The van der Waals surface area contributed by atoms with E-state index in [9.17, 15) is 0 Å². The SMILES string of the molecule is C/C=c1/c(CCN)c[nH]/c1=C/C. The molecule has 3 N–H and O–H groups in total. The normalized spacial score (nSPS) is 14.2. The fourth-order valence-corrected chi connectivity index (χ4v) is 1.44. The van der Waals surface area contributed by atoms with Gasteiger partial charge in [-0.3, -0.25) is 0 Å². The zero-order valence-electron chi connectivity index (χ0n) is 7.72. The Morgan fingerprint density at radius 2 is 2.17 bits per heavy atom. The first-order valence-electron chi connectivity index (χ1n) is 4.32. The van der Waals surface area contributed by atoms with Gasteiger partial charge in [-0.15, -0.1) is 0 Å². The van der Waals surface area contributed by atoms with Gasteiger partial charge >= 0.3 is 0 Å². The molecule has 0 radical (unpaired) electrons. The number of H-pyrrole nitrogens is 1. The van der Waals surface area contributed by atoms with Crippen LogP contribution in [0.4, 0.5) is 0 Å². The van der Waals surface area contributed by atoms with Crippen LogP contribution >= 0.6 is 0 Å². The van der Waals surface area contributed by atoms with Crippen molar-refractivity contribution in [1.29, 1.82) is 0 Å². The van der Waals surface area contributed by atoms with E-state index in [4.69, 9.17) is 5.73 Å². The summed E-state index contributed by atoms with van der Waals surface area (Å²) in [6, 6.07) is 0. The van der Waals surface area contributed by atoms with Crippen LogP contribution in [0.25, 0.3) is 12.2 Å². The third-order valence-electron chi connectivity index (χ3n) is 2.03. The van der Waals surface area contributed by atoms with E-state index >= 15 is 0 Å². The van der Waals surface area contributed by atoms with Crippen molar-refractivity contribution in [3.05, 3.63) is 22.3 Å². The van der Waals surface area contributed by atoms with E-state index in [-0.39, 0.29) is 0 Å². The lowest BCUT2D eigenvalue weighted by atomic mass is 10.2. The van der Waals surface area contributed by atoms with Gasteiger partial charge in [0.25, 0.3) is 0 Å². The first kappa shape index (κ1) is 9.07. The van der Waals surface area contributed by atoms with Crippen molar-refractivity contribution in [3.8, 4) is 0 Å². The van der Waals surface area contributed by atoms with Crippen molar-refractivity contribution in [2.45, 2.75) is 20.3 Å². The number of aromatic nitrogens is 1. The van der Waals surface area contributed by atoms with E-state index in [1.165, 1.54) is 16.1 Å². The van der Waals surface area contributed by atoms with Crippen LogP contribution in [0.3, 0.4) is 0 Å². The van der Waals surface area contributed by atoms with Crippen molar-refractivity contribution >= 4 is 12.2 Å². The van der Waals surface area contributed by atoms with E-state index in [1.54, 1.807) is 0 Å². The maximum atomic E-state index is 5.50. The fourth-order valence-electron chi connectivity index (χ4n) is 1.44. The number of nitrogens with one attached hydrogen (secondary N) is 1. The standard InChI is InChI=1S/C10H16N2/c1-3-9-8(5-6-11)7-12-10(9)4-2/h3-4,7,12H,5-6,11H2,1-2H3/b9-3-,10-4+. The number of hydrogen-bond donors (Lipinski definition) is 2. The molecule has 0 amide bonds. The Labute approximate surface area is 72.8 Å². The molecule has 12 heavy (non-hydrogen) atoms. The molecule has 2 heteroatoms. The molecule has 0 aliphatic carbocycles. The monoisotopic (exact) mass is 164 g/mol. The molecule has 0 bridgehead atoms. The van der Waals surface area contributed by atoms with Gasteiger partial charge in [0, 0.05) is 11.5 Å². The lowest BCUT2D eigenvalue weighted by Gasteiger charge is -1.90. The predicted molar refractivity (Wildman–Crippen MR) is 53.1 cm³/mol. The summed E-state index contributed by atoms with van der Waals surface area (Å²) in [5, 5.41) is 2.49. The predicted octanol–water partition coefficient (Wildman–Crippen LogP) is 0.117. The molecular formula is C10H16N2. The van der Waals surface area contributed by atoms with Crippen LogP contribution < -0.4 is 16.3 Å². The van der Waals surface area contributed by atoms with Crippen LogP contribution in [0.1, 0.15) is 19.4 Å². The van der Waals surface area contributed by atoms with E-state index in [1.807, 2.05) is 13.1 Å². The zero-order valence-corrected chi connectivity index (χ0v) is 7.72. The van der Waals surface area contributed by atoms with Gasteiger partial charge in [0.2, 0.25) is 0 Å². The molecule has 2 nitrogen and oxygen atoms in total. The Balaban J connectivity index is 3.25. The summed E-state index contributed by atoms with van der Waals surface area (Å²) in [4.78, 5) is 3.22. The van der Waals surface area contributed by atoms with Crippen molar-refractivity contribution < 1.29 is 0 Å². The summed E-state index contributed by atoms with van der Waals surface area (Å²) < 4.78 is 0. The van der Waals surface area contributed by atoms with Gasteiger partial charge in [-0.2, -0.15) is 0 Å². The highest BCUT2D eigenvalue weighted by Gasteiger charge is 1.95. The molecule has 0 atom stereocenters. The number of hydrogen-bond acceptors (Lipinski definition) is 1. The lowest BCUT2D eigenvalue weighted by molar-refractivity contribution is 0.964. The van der Waals surface area contributed by atoms with Gasteiger partial charge in [-0.25, -0.2) is 0 Å². The topological polar surface area (TPSA) is 41.8 Å². The van der Waals surface area contributed by atoms with Crippen LogP contribution in [0.15, 0.2) is 6.20 Å². The molecule has 1 aromatic rings. The van der Waals surface area contributed by atoms with Gasteiger partial charge in [0.05, 0.1) is 0 Å². The highest BCUT2D eigenvalue weighted by atomic mass is 14.7. The molecule has 1 aromatic heterocycles. The Morgan fingerprint density at radius 3 is 2.67 bits per heavy atom. The summed E-state index contributed by atoms with van der Waals surface area (Å²) in [7, 11) is 0. The summed E-state index contributed by atoms with van der Waals surface area (Å²) in [6.07, 6.45) is 7.19. The van der Waals surface area contributed by atoms with Gasteiger partial charge < -0.3 is 10.7 Å². The van der Waals surface area contributed by atoms with Crippen molar-refractivity contribution in [3.63, 3.8) is 0 Å². The van der Waals surface area contributed by atoms with Crippen LogP contribution in [0.2, 0.25) is 0 Å². The van der Waals surface area contributed by atoms with Crippen LogP contribution in [0.5, 0.6) is 0 Å². The maximum Gasteiger partial charge on any atom is 0.0410 e.